The van der Waals surface area contributed by atoms with Gasteiger partial charge in [0, 0.05) is 30.1 Å². The van der Waals surface area contributed by atoms with E-state index in [2.05, 4.69) is 4.99 Å². The molecule has 1 heterocycles. The normalized spacial score (nSPS) is 11.3. The van der Waals surface area contributed by atoms with Gasteiger partial charge in [-0.2, -0.15) is 4.99 Å². The Balaban J connectivity index is 1.40. The number of thiazole rings is 1. The maximum Gasteiger partial charge on any atom is 0.306 e. The molecule has 1 aromatic heterocycles. The molecule has 1 amide bonds. The van der Waals surface area contributed by atoms with E-state index in [9.17, 15) is 14.4 Å². The second-order valence-corrected chi connectivity index (χ2v) is 8.37. The number of benzene rings is 2. The molecule has 0 spiro atoms. The van der Waals surface area contributed by atoms with Gasteiger partial charge in [-0.1, -0.05) is 29.8 Å². The number of amides is 1. The summed E-state index contributed by atoms with van der Waals surface area (Å²) in [4.78, 5) is 40.0. The van der Waals surface area contributed by atoms with Crippen molar-refractivity contribution in [3.8, 4) is 5.75 Å². The Labute approximate surface area is 196 Å². The zero-order chi connectivity index (χ0) is 23.6. The van der Waals surface area contributed by atoms with E-state index in [-0.39, 0.29) is 12.2 Å². The van der Waals surface area contributed by atoms with Gasteiger partial charge in [0.05, 0.1) is 6.61 Å². The van der Waals surface area contributed by atoms with Gasteiger partial charge in [0.1, 0.15) is 5.75 Å². The molecule has 0 atom stereocenters. The molecule has 0 radical (unpaired) electrons. The SMILES string of the molecule is CC(=O)c1ccc(OCCCC(=O)OCC(=O)N=c2sccn2Cc2ccc(C)cc2)cc1. The van der Waals surface area contributed by atoms with Crippen molar-refractivity contribution in [3.05, 3.63) is 81.6 Å². The minimum Gasteiger partial charge on any atom is -0.494 e. The van der Waals surface area contributed by atoms with E-state index in [1.54, 1.807) is 24.3 Å². The minimum atomic E-state index is -0.509. The lowest BCUT2D eigenvalue weighted by atomic mass is 10.1. The highest BCUT2D eigenvalue weighted by molar-refractivity contribution is 7.07. The number of ketones is 1. The number of hydrogen-bond acceptors (Lipinski definition) is 6. The summed E-state index contributed by atoms with van der Waals surface area (Å²) >= 11 is 1.35. The third kappa shape index (κ3) is 7.84. The third-order valence-electron chi connectivity index (χ3n) is 4.77. The molecule has 0 saturated heterocycles. The number of hydrogen-bond donors (Lipinski definition) is 0. The summed E-state index contributed by atoms with van der Waals surface area (Å²) in [6.07, 6.45) is 2.45. The molecule has 0 aliphatic rings. The fraction of sp³-hybridized carbons (Fsp3) is 0.280. The Hall–Kier alpha value is -3.52. The van der Waals surface area contributed by atoms with Crippen molar-refractivity contribution >= 4 is 29.0 Å². The van der Waals surface area contributed by atoms with Gasteiger partial charge in [0.25, 0.3) is 5.91 Å². The molecule has 0 aliphatic carbocycles. The number of nitrogens with zero attached hydrogens (tertiary/aromatic N) is 2. The van der Waals surface area contributed by atoms with E-state index in [0.29, 0.717) is 35.7 Å². The Morgan fingerprint density at radius 3 is 2.45 bits per heavy atom. The molecule has 0 unspecified atom stereocenters. The van der Waals surface area contributed by atoms with Crippen LogP contribution in [-0.4, -0.2) is 35.4 Å². The Morgan fingerprint density at radius 1 is 1.03 bits per heavy atom. The van der Waals surface area contributed by atoms with Crippen molar-refractivity contribution in [1.29, 1.82) is 0 Å². The summed E-state index contributed by atoms with van der Waals surface area (Å²) in [6.45, 7) is 4.07. The number of esters is 1. The summed E-state index contributed by atoms with van der Waals surface area (Å²) in [5.41, 5.74) is 2.91. The predicted octanol–water partition coefficient (Wildman–Crippen LogP) is 3.94. The average Bonchev–Trinajstić information content (AvgIpc) is 3.23. The third-order valence-corrected chi connectivity index (χ3v) is 5.56. The van der Waals surface area contributed by atoms with Gasteiger partial charge in [-0.25, -0.2) is 0 Å². The van der Waals surface area contributed by atoms with Crippen molar-refractivity contribution in [1.82, 2.24) is 4.57 Å². The first-order valence-electron chi connectivity index (χ1n) is 10.6. The number of aromatic nitrogens is 1. The number of carbonyl (C=O) groups is 3. The molecule has 172 valence electrons. The predicted molar refractivity (Wildman–Crippen MR) is 125 cm³/mol. The molecule has 0 fully saturated rings. The summed E-state index contributed by atoms with van der Waals surface area (Å²) in [5, 5.41) is 1.86. The molecule has 0 aliphatic heterocycles. The summed E-state index contributed by atoms with van der Waals surface area (Å²) in [7, 11) is 0. The molecule has 0 N–H and O–H groups in total. The van der Waals surface area contributed by atoms with Crippen LogP contribution in [0.25, 0.3) is 0 Å². The van der Waals surface area contributed by atoms with Crippen LogP contribution in [0.2, 0.25) is 0 Å². The molecular formula is C25H26N2O5S. The van der Waals surface area contributed by atoms with Crippen molar-refractivity contribution < 1.29 is 23.9 Å². The van der Waals surface area contributed by atoms with E-state index in [4.69, 9.17) is 9.47 Å². The first-order chi connectivity index (χ1) is 15.9. The van der Waals surface area contributed by atoms with Gasteiger partial charge in [0.15, 0.2) is 17.2 Å². The molecule has 0 saturated carbocycles. The van der Waals surface area contributed by atoms with E-state index in [0.717, 1.165) is 5.56 Å². The van der Waals surface area contributed by atoms with Crippen LogP contribution in [-0.2, 0) is 20.9 Å². The summed E-state index contributed by atoms with van der Waals surface area (Å²) < 4.78 is 12.5. The lowest BCUT2D eigenvalue weighted by Gasteiger charge is -2.06. The molecule has 7 nitrogen and oxygen atoms in total. The summed E-state index contributed by atoms with van der Waals surface area (Å²) in [6, 6.07) is 15.0. The number of rotatable bonds is 10. The second kappa shape index (κ2) is 11.9. The standard InChI is InChI=1S/C25H26N2O5S/c1-18-5-7-20(8-6-18)16-27-13-15-33-25(27)26-23(29)17-32-24(30)4-3-14-31-22-11-9-21(10-12-22)19(2)28/h5-13,15H,3-4,14,16-17H2,1-2H3. The van der Waals surface area contributed by atoms with E-state index in [1.165, 1.54) is 23.8 Å². The van der Waals surface area contributed by atoms with Crippen molar-refractivity contribution in [2.75, 3.05) is 13.2 Å². The van der Waals surface area contributed by atoms with Crippen LogP contribution in [0, 0.1) is 6.92 Å². The summed E-state index contributed by atoms with van der Waals surface area (Å²) in [5.74, 6) is -0.374. The lowest BCUT2D eigenvalue weighted by molar-refractivity contribution is -0.147. The zero-order valence-electron chi connectivity index (χ0n) is 18.7. The van der Waals surface area contributed by atoms with Crippen molar-refractivity contribution in [2.45, 2.75) is 33.2 Å². The molecule has 2 aromatic carbocycles. The Morgan fingerprint density at radius 2 is 1.76 bits per heavy atom. The fourth-order valence-electron chi connectivity index (χ4n) is 2.94. The zero-order valence-corrected chi connectivity index (χ0v) is 19.5. The highest BCUT2D eigenvalue weighted by Crippen LogP contribution is 2.13. The number of aryl methyl sites for hydroxylation is 1. The maximum atomic E-state index is 12.2. The van der Waals surface area contributed by atoms with Gasteiger partial charge in [-0.15, -0.1) is 11.3 Å². The fourth-order valence-corrected chi connectivity index (χ4v) is 3.69. The molecule has 8 heteroatoms. The van der Waals surface area contributed by atoms with Gasteiger partial charge >= 0.3 is 5.97 Å². The van der Waals surface area contributed by atoms with Gasteiger partial charge in [-0.3, -0.25) is 14.4 Å². The highest BCUT2D eigenvalue weighted by atomic mass is 32.1. The molecule has 0 bridgehead atoms. The van der Waals surface area contributed by atoms with Crippen LogP contribution in [0.4, 0.5) is 0 Å². The quantitative estimate of drug-likeness (QED) is 0.257. The second-order valence-electron chi connectivity index (χ2n) is 7.50. The number of carbonyl (C=O) groups excluding carboxylic acids is 3. The number of Topliss-reactive ketones (excluding diaryl/α,β-unsaturated/α-hetero) is 1. The first-order valence-corrected chi connectivity index (χ1v) is 11.4. The van der Waals surface area contributed by atoms with E-state index >= 15 is 0 Å². The highest BCUT2D eigenvalue weighted by Gasteiger charge is 2.08. The van der Waals surface area contributed by atoms with E-state index in [1.807, 2.05) is 47.3 Å². The smallest absolute Gasteiger partial charge is 0.306 e. The minimum absolute atomic E-state index is 0.00857. The molecule has 3 rings (SSSR count). The molecule has 33 heavy (non-hydrogen) atoms. The van der Waals surface area contributed by atoms with E-state index < -0.39 is 18.5 Å². The Bertz CT molecular complexity index is 1160. The average molecular weight is 467 g/mol. The van der Waals surface area contributed by atoms with Crippen LogP contribution < -0.4 is 9.54 Å². The van der Waals surface area contributed by atoms with Crippen molar-refractivity contribution in [2.24, 2.45) is 4.99 Å². The van der Waals surface area contributed by atoms with Crippen LogP contribution in [0.15, 0.2) is 65.1 Å². The maximum absolute atomic E-state index is 12.2. The van der Waals surface area contributed by atoms with Gasteiger partial charge in [-0.05, 0) is 50.1 Å². The topological polar surface area (TPSA) is 87.0 Å². The van der Waals surface area contributed by atoms with Gasteiger partial charge < -0.3 is 14.0 Å². The lowest BCUT2D eigenvalue weighted by Crippen LogP contribution is -2.20. The number of ether oxygens (including phenoxy) is 2. The van der Waals surface area contributed by atoms with Crippen molar-refractivity contribution in [3.63, 3.8) is 0 Å². The Kier molecular flexibility index (Phi) is 8.71. The molecular weight excluding hydrogens is 440 g/mol. The monoisotopic (exact) mass is 466 g/mol. The van der Waals surface area contributed by atoms with Crippen LogP contribution >= 0.6 is 11.3 Å². The van der Waals surface area contributed by atoms with Gasteiger partial charge in [0.2, 0.25) is 0 Å². The largest absolute Gasteiger partial charge is 0.494 e. The first kappa shape index (κ1) is 24.1. The molecule has 3 aromatic rings. The van der Waals surface area contributed by atoms with Crippen LogP contribution in [0.3, 0.4) is 0 Å². The van der Waals surface area contributed by atoms with Crippen LogP contribution in [0.5, 0.6) is 5.75 Å². The van der Waals surface area contributed by atoms with Crippen LogP contribution in [0.1, 0.15) is 41.3 Å².